The zero-order valence-electron chi connectivity index (χ0n) is 10.5. The number of fused-ring (bicyclic) bond motifs is 1. The summed E-state index contributed by atoms with van der Waals surface area (Å²) in [6.07, 6.45) is 7.17. The van der Waals surface area contributed by atoms with E-state index in [1.54, 1.807) is 5.57 Å². The van der Waals surface area contributed by atoms with Gasteiger partial charge in [-0.2, -0.15) is 0 Å². The van der Waals surface area contributed by atoms with Crippen molar-refractivity contribution in [1.82, 2.24) is 0 Å². The third kappa shape index (κ3) is 0.946. The Labute approximate surface area is 94.1 Å². The lowest BCUT2D eigenvalue weighted by Gasteiger charge is -2.67. The van der Waals surface area contributed by atoms with Crippen LogP contribution in [-0.2, 0) is 0 Å². The van der Waals surface area contributed by atoms with Crippen LogP contribution in [0.15, 0.2) is 12.2 Å². The summed E-state index contributed by atoms with van der Waals surface area (Å²) in [5.41, 5.74) is 2.67. The van der Waals surface area contributed by atoms with Gasteiger partial charge in [0, 0.05) is 0 Å². The number of hydrogen-bond acceptors (Lipinski definition) is 0. The van der Waals surface area contributed by atoms with Crippen LogP contribution in [0.1, 0.15) is 52.9 Å². The summed E-state index contributed by atoms with van der Waals surface area (Å²) in [6, 6.07) is 0. The van der Waals surface area contributed by atoms with E-state index in [4.69, 9.17) is 0 Å². The summed E-state index contributed by atoms with van der Waals surface area (Å²) in [5, 5.41) is 0. The van der Waals surface area contributed by atoms with E-state index < -0.39 is 0 Å². The van der Waals surface area contributed by atoms with Crippen LogP contribution >= 0.6 is 0 Å². The van der Waals surface area contributed by atoms with Crippen LogP contribution in [0.2, 0.25) is 0 Å². The fourth-order valence-electron chi connectivity index (χ4n) is 5.19. The van der Waals surface area contributed by atoms with Crippen molar-refractivity contribution in [2.75, 3.05) is 0 Å². The molecule has 0 aromatic heterocycles. The summed E-state index contributed by atoms with van der Waals surface area (Å²) in [6.45, 7) is 12.0. The van der Waals surface area contributed by atoms with Crippen LogP contribution in [0, 0.1) is 28.6 Å². The first-order valence-corrected chi connectivity index (χ1v) is 6.68. The lowest BCUT2D eigenvalue weighted by Crippen LogP contribution is -2.58. The number of hydrogen-bond donors (Lipinski definition) is 0. The van der Waals surface area contributed by atoms with E-state index in [1.165, 1.54) is 32.1 Å². The molecule has 4 saturated carbocycles. The topological polar surface area (TPSA) is 0 Å². The maximum Gasteiger partial charge on any atom is -0.00597 e. The molecule has 4 aliphatic carbocycles. The predicted molar refractivity (Wildman–Crippen MR) is 64.6 cm³/mol. The standard InChI is InChI=1S/C15H24/c1-10-5-7-14(3)11(2)12-6-8-15(14,4)13(10)9-12/h10,12-13H,2,5-9H2,1,3-4H3/t10-,12+,13-,14+,15-/m0/s1. The highest BCUT2D eigenvalue weighted by Crippen LogP contribution is 2.70. The molecular weight excluding hydrogens is 180 g/mol. The van der Waals surface area contributed by atoms with Crippen molar-refractivity contribution in [1.29, 1.82) is 0 Å². The van der Waals surface area contributed by atoms with E-state index in [0.717, 1.165) is 17.8 Å². The molecular formula is C15H24. The minimum absolute atomic E-state index is 0.478. The lowest BCUT2D eigenvalue weighted by molar-refractivity contribution is -0.123. The maximum absolute atomic E-state index is 4.46. The van der Waals surface area contributed by atoms with Crippen LogP contribution < -0.4 is 0 Å². The van der Waals surface area contributed by atoms with Crippen LogP contribution in [0.3, 0.4) is 0 Å². The average Bonchev–Trinajstić information content (AvgIpc) is 2.21. The van der Waals surface area contributed by atoms with Crippen LogP contribution in [0.25, 0.3) is 0 Å². The van der Waals surface area contributed by atoms with Crippen LogP contribution in [-0.4, -0.2) is 0 Å². The molecule has 0 heteroatoms. The van der Waals surface area contributed by atoms with Gasteiger partial charge in [0.25, 0.3) is 0 Å². The van der Waals surface area contributed by atoms with Gasteiger partial charge in [-0.1, -0.05) is 32.9 Å². The zero-order valence-corrected chi connectivity index (χ0v) is 10.5. The highest BCUT2D eigenvalue weighted by atomic mass is 14.7. The van der Waals surface area contributed by atoms with Gasteiger partial charge in [0.1, 0.15) is 0 Å². The summed E-state index contributed by atoms with van der Waals surface area (Å²) in [5.74, 6) is 2.81. The van der Waals surface area contributed by atoms with Crippen molar-refractivity contribution in [2.45, 2.75) is 52.9 Å². The van der Waals surface area contributed by atoms with Crippen molar-refractivity contribution in [2.24, 2.45) is 28.6 Å². The van der Waals surface area contributed by atoms with E-state index in [9.17, 15) is 0 Å². The molecule has 0 aromatic rings. The summed E-state index contributed by atoms with van der Waals surface area (Å²) in [4.78, 5) is 0. The van der Waals surface area contributed by atoms with E-state index in [2.05, 4.69) is 27.4 Å². The molecule has 0 aliphatic heterocycles. The van der Waals surface area contributed by atoms with Crippen molar-refractivity contribution >= 4 is 0 Å². The molecule has 4 rings (SSSR count). The summed E-state index contributed by atoms with van der Waals surface area (Å²) < 4.78 is 0. The lowest BCUT2D eigenvalue weighted by atomic mass is 9.37. The molecule has 15 heavy (non-hydrogen) atoms. The quantitative estimate of drug-likeness (QED) is 0.513. The van der Waals surface area contributed by atoms with E-state index in [1.807, 2.05) is 0 Å². The Balaban J connectivity index is 2.11. The second-order valence-electron chi connectivity index (χ2n) is 6.87. The van der Waals surface area contributed by atoms with E-state index >= 15 is 0 Å². The Bertz CT molecular complexity index is 316. The monoisotopic (exact) mass is 204 g/mol. The first-order chi connectivity index (χ1) is 6.99. The average molecular weight is 204 g/mol. The first kappa shape index (κ1) is 9.93. The normalized spacial score (nSPS) is 58.3. The molecule has 4 aliphatic rings. The van der Waals surface area contributed by atoms with Gasteiger partial charge in [-0.05, 0) is 60.7 Å². The largest absolute Gasteiger partial charge is 0.0990 e. The van der Waals surface area contributed by atoms with Gasteiger partial charge in [0.05, 0.1) is 0 Å². The Morgan fingerprint density at radius 3 is 2.67 bits per heavy atom. The van der Waals surface area contributed by atoms with Gasteiger partial charge >= 0.3 is 0 Å². The van der Waals surface area contributed by atoms with Crippen LogP contribution in [0.4, 0.5) is 0 Å². The van der Waals surface area contributed by atoms with E-state index in [0.29, 0.717) is 10.8 Å². The minimum atomic E-state index is 0.478. The molecule has 0 aromatic carbocycles. The fourth-order valence-corrected chi connectivity index (χ4v) is 5.19. The molecule has 0 heterocycles. The SMILES string of the molecule is C=C1[C@@H]2CC[C@@]3(C)[C@@H](C2)[C@@H](C)CC[C@]13C. The Morgan fingerprint density at radius 1 is 1.20 bits per heavy atom. The molecule has 84 valence electrons. The predicted octanol–water partition coefficient (Wildman–Crippen LogP) is 4.42. The minimum Gasteiger partial charge on any atom is -0.0990 e. The van der Waals surface area contributed by atoms with Gasteiger partial charge in [-0.3, -0.25) is 0 Å². The third-order valence-electron chi connectivity index (χ3n) is 6.62. The van der Waals surface area contributed by atoms with Gasteiger partial charge in [0.15, 0.2) is 0 Å². The second kappa shape index (κ2) is 2.70. The van der Waals surface area contributed by atoms with Crippen molar-refractivity contribution in [3.05, 3.63) is 12.2 Å². The Morgan fingerprint density at radius 2 is 1.93 bits per heavy atom. The zero-order chi connectivity index (χ0) is 10.8. The summed E-state index contributed by atoms with van der Waals surface area (Å²) in [7, 11) is 0. The van der Waals surface area contributed by atoms with Crippen molar-refractivity contribution in [3.63, 3.8) is 0 Å². The van der Waals surface area contributed by atoms with Crippen molar-refractivity contribution in [3.8, 4) is 0 Å². The van der Waals surface area contributed by atoms with Gasteiger partial charge in [-0.15, -0.1) is 0 Å². The maximum atomic E-state index is 4.46. The molecule has 0 N–H and O–H groups in total. The van der Waals surface area contributed by atoms with Gasteiger partial charge < -0.3 is 0 Å². The molecule has 0 amide bonds. The van der Waals surface area contributed by atoms with Crippen LogP contribution in [0.5, 0.6) is 0 Å². The fraction of sp³-hybridized carbons (Fsp3) is 0.867. The smallest absolute Gasteiger partial charge is 0.00597 e. The first-order valence-electron chi connectivity index (χ1n) is 6.68. The molecule has 5 atom stereocenters. The molecule has 0 nitrogen and oxygen atoms in total. The molecule has 4 bridgehead atoms. The van der Waals surface area contributed by atoms with Gasteiger partial charge in [0.2, 0.25) is 0 Å². The number of rotatable bonds is 0. The molecule has 0 radical (unpaired) electrons. The molecule has 0 saturated heterocycles. The Hall–Kier alpha value is -0.260. The second-order valence-corrected chi connectivity index (χ2v) is 6.87. The Kier molecular flexibility index (Phi) is 1.79. The van der Waals surface area contributed by atoms with E-state index in [-0.39, 0.29) is 0 Å². The molecule has 4 fully saturated rings. The highest BCUT2D eigenvalue weighted by molar-refractivity contribution is 5.28. The third-order valence-corrected chi connectivity index (χ3v) is 6.62. The highest BCUT2D eigenvalue weighted by Gasteiger charge is 2.61. The molecule has 0 spiro atoms. The number of allylic oxidation sites excluding steroid dienone is 1. The summed E-state index contributed by atoms with van der Waals surface area (Å²) >= 11 is 0. The van der Waals surface area contributed by atoms with Gasteiger partial charge in [-0.25, -0.2) is 0 Å². The molecule has 0 unspecified atom stereocenters. The van der Waals surface area contributed by atoms with Crippen molar-refractivity contribution < 1.29 is 0 Å².